The number of imidazole rings is 1. The molecule has 0 saturated carbocycles. The number of hydrogen-bond acceptors (Lipinski definition) is 5. The maximum Gasteiger partial charge on any atom is 0.401 e. The van der Waals surface area contributed by atoms with Crippen molar-refractivity contribution in [2.75, 3.05) is 13.7 Å². The van der Waals surface area contributed by atoms with Gasteiger partial charge in [-0.1, -0.05) is 11.2 Å². The molecule has 0 fully saturated rings. The molecule has 6 nitrogen and oxygen atoms in total. The number of aromatic nitrogens is 3. The second-order valence-corrected chi connectivity index (χ2v) is 7.12. The van der Waals surface area contributed by atoms with Gasteiger partial charge in [0.25, 0.3) is 0 Å². The summed E-state index contributed by atoms with van der Waals surface area (Å²) in [5, 5.41) is 6.72. The van der Waals surface area contributed by atoms with E-state index in [2.05, 4.69) is 15.5 Å². The first-order valence-electron chi connectivity index (χ1n) is 9.33. The standard InChI is InChI=1S/C20H21F3N4O2/c1-12-9-27(11-25-12)16-7-6-13(8-17(16)28-2)18-14-4-3-5-15(19(14)29-26-18)24-10-20(21,22)23/h6-9,11,15,24H,3-5,10H2,1-2H3. The normalized spacial score (nSPS) is 16.7. The van der Waals surface area contributed by atoms with E-state index in [9.17, 15) is 13.2 Å². The van der Waals surface area contributed by atoms with Crippen LogP contribution in [0.15, 0.2) is 35.2 Å². The van der Waals surface area contributed by atoms with Crippen LogP contribution in [0.3, 0.4) is 0 Å². The Labute approximate surface area is 165 Å². The lowest BCUT2D eigenvalue weighted by Gasteiger charge is -2.22. The van der Waals surface area contributed by atoms with Gasteiger partial charge >= 0.3 is 6.18 Å². The summed E-state index contributed by atoms with van der Waals surface area (Å²) in [6.07, 6.45) is 1.40. The molecular weight excluding hydrogens is 385 g/mol. The number of aryl methyl sites for hydroxylation is 1. The van der Waals surface area contributed by atoms with E-state index in [0.29, 0.717) is 30.0 Å². The lowest BCUT2D eigenvalue weighted by Crippen LogP contribution is -2.33. The molecule has 0 radical (unpaired) electrons. The average molecular weight is 406 g/mol. The first-order chi connectivity index (χ1) is 13.9. The van der Waals surface area contributed by atoms with Gasteiger partial charge in [0, 0.05) is 17.3 Å². The number of methoxy groups -OCH3 is 1. The molecule has 9 heteroatoms. The van der Waals surface area contributed by atoms with Gasteiger partial charge in [0.1, 0.15) is 11.4 Å². The van der Waals surface area contributed by atoms with Crippen LogP contribution in [0, 0.1) is 6.92 Å². The van der Waals surface area contributed by atoms with Crippen molar-refractivity contribution in [1.29, 1.82) is 0 Å². The molecule has 2 aromatic heterocycles. The van der Waals surface area contributed by atoms with Gasteiger partial charge in [-0.05, 0) is 38.3 Å². The Bertz CT molecular complexity index is 1010. The molecular formula is C20H21F3N4O2. The van der Waals surface area contributed by atoms with Crippen LogP contribution < -0.4 is 10.1 Å². The molecule has 3 aromatic rings. The predicted octanol–water partition coefficient (Wildman–Crippen LogP) is 4.37. The Morgan fingerprint density at radius 1 is 1.34 bits per heavy atom. The van der Waals surface area contributed by atoms with Gasteiger partial charge in [-0.2, -0.15) is 13.2 Å². The molecule has 1 unspecified atom stereocenters. The number of alkyl halides is 3. The fourth-order valence-corrected chi connectivity index (χ4v) is 3.70. The third-order valence-electron chi connectivity index (χ3n) is 5.05. The average Bonchev–Trinajstić information content (AvgIpc) is 3.31. The number of benzene rings is 1. The van der Waals surface area contributed by atoms with E-state index in [1.54, 1.807) is 13.4 Å². The zero-order valence-corrected chi connectivity index (χ0v) is 16.1. The quantitative estimate of drug-likeness (QED) is 0.682. The van der Waals surface area contributed by atoms with Crippen molar-refractivity contribution < 1.29 is 22.4 Å². The van der Waals surface area contributed by atoms with E-state index >= 15 is 0 Å². The van der Waals surface area contributed by atoms with Crippen LogP contribution in [-0.4, -0.2) is 34.5 Å². The fraction of sp³-hybridized carbons (Fsp3) is 0.400. The molecule has 1 N–H and O–H groups in total. The first-order valence-corrected chi connectivity index (χ1v) is 9.33. The summed E-state index contributed by atoms with van der Waals surface area (Å²) in [6.45, 7) is 0.849. The van der Waals surface area contributed by atoms with E-state index in [1.807, 2.05) is 35.9 Å². The van der Waals surface area contributed by atoms with Crippen molar-refractivity contribution in [3.8, 4) is 22.7 Å². The molecule has 4 rings (SSSR count). The van der Waals surface area contributed by atoms with Crippen LogP contribution in [0.1, 0.15) is 35.9 Å². The number of fused-ring (bicyclic) bond motifs is 1. The number of rotatable bonds is 5. The van der Waals surface area contributed by atoms with Crippen molar-refractivity contribution >= 4 is 0 Å². The molecule has 0 saturated heterocycles. The number of ether oxygens (including phenoxy) is 1. The summed E-state index contributed by atoms with van der Waals surface area (Å²) in [5.41, 5.74) is 4.01. The van der Waals surface area contributed by atoms with Crippen LogP contribution >= 0.6 is 0 Å². The van der Waals surface area contributed by atoms with Gasteiger partial charge in [0.05, 0.1) is 37.4 Å². The van der Waals surface area contributed by atoms with Gasteiger partial charge in [-0.15, -0.1) is 0 Å². The first kappa shape index (κ1) is 19.5. The van der Waals surface area contributed by atoms with Crippen molar-refractivity contribution in [1.82, 2.24) is 20.0 Å². The number of hydrogen-bond donors (Lipinski definition) is 1. The van der Waals surface area contributed by atoms with E-state index in [0.717, 1.165) is 28.9 Å². The second-order valence-electron chi connectivity index (χ2n) is 7.12. The van der Waals surface area contributed by atoms with Crippen LogP contribution in [0.4, 0.5) is 13.2 Å². The Balaban J connectivity index is 1.65. The van der Waals surface area contributed by atoms with Gasteiger partial charge in [-0.25, -0.2) is 4.98 Å². The third kappa shape index (κ3) is 4.00. The Morgan fingerprint density at radius 2 is 2.17 bits per heavy atom. The lowest BCUT2D eigenvalue weighted by atomic mass is 9.90. The Hall–Kier alpha value is -2.81. The van der Waals surface area contributed by atoms with Crippen molar-refractivity contribution in [3.05, 3.63) is 47.7 Å². The molecule has 0 aliphatic heterocycles. The molecule has 2 heterocycles. The van der Waals surface area contributed by atoms with Crippen LogP contribution in [-0.2, 0) is 6.42 Å². The third-order valence-corrected chi connectivity index (χ3v) is 5.05. The summed E-state index contributed by atoms with van der Waals surface area (Å²) in [7, 11) is 1.59. The minimum absolute atomic E-state index is 0.489. The topological polar surface area (TPSA) is 65.1 Å². The number of nitrogens with zero attached hydrogens (tertiary/aromatic N) is 3. The van der Waals surface area contributed by atoms with Crippen molar-refractivity contribution in [3.63, 3.8) is 0 Å². The highest BCUT2D eigenvalue weighted by Gasteiger charge is 2.33. The van der Waals surface area contributed by atoms with Crippen LogP contribution in [0.25, 0.3) is 16.9 Å². The maximum absolute atomic E-state index is 12.6. The summed E-state index contributed by atoms with van der Waals surface area (Å²) in [4.78, 5) is 4.23. The summed E-state index contributed by atoms with van der Waals surface area (Å²) < 4.78 is 50.7. The lowest BCUT2D eigenvalue weighted by molar-refractivity contribution is -0.126. The highest BCUT2D eigenvalue weighted by molar-refractivity contribution is 5.68. The number of halogens is 3. The largest absolute Gasteiger partial charge is 0.495 e. The molecule has 0 spiro atoms. The second kappa shape index (κ2) is 7.55. The Morgan fingerprint density at radius 3 is 2.86 bits per heavy atom. The molecule has 154 valence electrons. The smallest absolute Gasteiger partial charge is 0.401 e. The summed E-state index contributed by atoms with van der Waals surface area (Å²) in [6, 6.07) is 5.17. The molecule has 0 amide bonds. The minimum atomic E-state index is -4.27. The highest BCUT2D eigenvalue weighted by Crippen LogP contribution is 2.38. The van der Waals surface area contributed by atoms with E-state index < -0.39 is 18.8 Å². The summed E-state index contributed by atoms with van der Waals surface area (Å²) >= 11 is 0. The molecule has 1 aliphatic carbocycles. The number of nitrogens with one attached hydrogen (secondary N) is 1. The van der Waals surface area contributed by atoms with Crippen LogP contribution in [0.5, 0.6) is 5.75 Å². The van der Waals surface area contributed by atoms with E-state index in [4.69, 9.17) is 9.26 Å². The molecule has 29 heavy (non-hydrogen) atoms. The zero-order chi connectivity index (χ0) is 20.6. The van der Waals surface area contributed by atoms with Gasteiger partial charge in [0.2, 0.25) is 0 Å². The molecule has 1 atom stereocenters. The van der Waals surface area contributed by atoms with E-state index in [1.165, 1.54) is 0 Å². The van der Waals surface area contributed by atoms with Crippen molar-refractivity contribution in [2.45, 2.75) is 38.4 Å². The van der Waals surface area contributed by atoms with Gasteiger partial charge < -0.3 is 13.8 Å². The molecule has 1 aromatic carbocycles. The molecule has 1 aliphatic rings. The predicted molar refractivity (Wildman–Crippen MR) is 100 cm³/mol. The maximum atomic E-state index is 12.6. The fourth-order valence-electron chi connectivity index (χ4n) is 3.70. The van der Waals surface area contributed by atoms with Crippen molar-refractivity contribution in [2.24, 2.45) is 0 Å². The molecule has 0 bridgehead atoms. The van der Waals surface area contributed by atoms with Crippen LogP contribution in [0.2, 0.25) is 0 Å². The van der Waals surface area contributed by atoms with E-state index in [-0.39, 0.29) is 0 Å². The Kier molecular flexibility index (Phi) is 5.08. The summed E-state index contributed by atoms with van der Waals surface area (Å²) in [5.74, 6) is 1.13. The monoisotopic (exact) mass is 406 g/mol. The van der Waals surface area contributed by atoms with Gasteiger partial charge in [0.15, 0.2) is 5.76 Å². The minimum Gasteiger partial charge on any atom is -0.495 e. The zero-order valence-electron chi connectivity index (χ0n) is 16.1. The van der Waals surface area contributed by atoms with Gasteiger partial charge in [-0.3, -0.25) is 5.32 Å². The highest BCUT2D eigenvalue weighted by atomic mass is 19.4. The SMILES string of the molecule is COc1cc(-c2noc3c2CCCC3NCC(F)(F)F)ccc1-n1cnc(C)c1.